The standard InChI is InChI=1S/C12H20N2O/c1-9(2)15-11-6-4-10(5-7-11)12(3,14)8-13/h4-7,9H,8,13-14H2,1-3H3. The minimum atomic E-state index is -0.462. The van der Waals surface area contributed by atoms with Crippen molar-refractivity contribution in [3.63, 3.8) is 0 Å². The molecule has 0 saturated heterocycles. The van der Waals surface area contributed by atoms with Crippen molar-refractivity contribution in [1.29, 1.82) is 0 Å². The molecule has 1 aromatic rings. The van der Waals surface area contributed by atoms with E-state index in [2.05, 4.69) is 0 Å². The largest absolute Gasteiger partial charge is 0.491 e. The third-order valence-corrected chi connectivity index (χ3v) is 2.31. The Morgan fingerprint density at radius 2 is 1.80 bits per heavy atom. The first-order chi connectivity index (χ1) is 6.95. The Morgan fingerprint density at radius 1 is 1.27 bits per heavy atom. The molecule has 1 rings (SSSR count). The maximum atomic E-state index is 6.02. The highest BCUT2D eigenvalue weighted by Crippen LogP contribution is 2.20. The van der Waals surface area contributed by atoms with Crippen molar-refractivity contribution in [2.45, 2.75) is 32.4 Å². The summed E-state index contributed by atoms with van der Waals surface area (Å²) in [7, 11) is 0. The van der Waals surface area contributed by atoms with E-state index >= 15 is 0 Å². The highest BCUT2D eigenvalue weighted by molar-refractivity contribution is 5.31. The normalized spacial score (nSPS) is 15.1. The summed E-state index contributed by atoms with van der Waals surface area (Å²) in [5.74, 6) is 0.863. The SMILES string of the molecule is CC(C)Oc1ccc(C(C)(N)CN)cc1. The van der Waals surface area contributed by atoms with E-state index in [1.165, 1.54) is 0 Å². The molecule has 0 aromatic heterocycles. The third kappa shape index (κ3) is 3.22. The van der Waals surface area contributed by atoms with Gasteiger partial charge in [-0.1, -0.05) is 12.1 Å². The average molecular weight is 208 g/mol. The van der Waals surface area contributed by atoms with Crippen LogP contribution in [0.4, 0.5) is 0 Å². The van der Waals surface area contributed by atoms with Crippen LogP contribution in [0.5, 0.6) is 5.75 Å². The maximum absolute atomic E-state index is 6.02. The fourth-order valence-corrected chi connectivity index (χ4v) is 1.30. The molecule has 0 radical (unpaired) electrons. The van der Waals surface area contributed by atoms with Gasteiger partial charge < -0.3 is 16.2 Å². The first-order valence-corrected chi connectivity index (χ1v) is 5.22. The Bertz CT molecular complexity index is 304. The van der Waals surface area contributed by atoms with Crippen LogP contribution in [0.3, 0.4) is 0 Å². The Labute approximate surface area is 91.4 Å². The van der Waals surface area contributed by atoms with Crippen LogP contribution in [0.2, 0.25) is 0 Å². The predicted octanol–water partition coefficient (Wildman–Crippen LogP) is 1.61. The van der Waals surface area contributed by atoms with Gasteiger partial charge >= 0.3 is 0 Å². The number of benzene rings is 1. The van der Waals surface area contributed by atoms with Gasteiger partial charge in [0, 0.05) is 6.54 Å². The summed E-state index contributed by atoms with van der Waals surface area (Å²) in [6.07, 6.45) is 0.189. The highest BCUT2D eigenvalue weighted by Gasteiger charge is 2.18. The number of rotatable bonds is 4. The quantitative estimate of drug-likeness (QED) is 0.790. The van der Waals surface area contributed by atoms with Crippen LogP contribution in [0.1, 0.15) is 26.3 Å². The second-order valence-corrected chi connectivity index (χ2v) is 4.31. The van der Waals surface area contributed by atoms with E-state index < -0.39 is 5.54 Å². The predicted molar refractivity (Wildman–Crippen MR) is 62.8 cm³/mol. The van der Waals surface area contributed by atoms with Crippen LogP contribution < -0.4 is 16.2 Å². The van der Waals surface area contributed by atoms with Crippen molar-refractivity contribution in [2.75, 3.05) is 6.54 Å². The van der Waals surface area contributed by atoms with Crippen LogP contribution in [0.25, 0.3) is 0 Å². The van der Waals surface area contributed by atoms with Crippen molar-refractivity contribution >= 4 is 0 Å². The van der Waals surface area contributed by atoms with Crippen molar-refractivity contribution in [3.05, 3.63) is 29.8 Å². The fraction of sp³-hybridized carbons (Fsp3) is 0.500. The summed E-state index contributed by atoms with van der Waals surface area (Å²) in [6, 6.07) is 7.78. The summed E-state index contributed by atoms with van der Waals surface area (Å²) in [5.41, 5.74) is 12.2. The van der Waals surface area contributed by atoms with Gasteiger partial charge in [-0.2, -0.15) is 0 Å². The van der Waals surface area contributed by atoms with Crippen molar-refractivity contribution in [1.82, 2.24) is 0 Å². The summed E-state index contributed by atoms with van der Waals surface area (Å²) >= 11 is 0. The highest BCUT2D eigenvalue weighted by atomic mass is 16.5. The van der Waals surface area contributed by atoms with Crippen LogP contribution >= 0.6 is 0 Å². The van der Waals surface area contributed by atoms with E-state index in [9.17, 15) is 0 Å². The molecule has 0 saturated carbocycles. The molecule has 0 aliphatic rings. The molecule has 4 N–H and O–H groups in total. The molecule has 1 unspecified atom stereocenters. The lowest BCUT2D eigenvalue weighted by Gasteiger charge is -2.23. The second kappa shape index (κ2) is 4.64. The summed E-state index contributed by atoms with van der Waals surface area (Å²) in [6.45, 7) is 6.35. The van der Waals surface area contributed by atoms with Gasteiger partial charge in [-0.25, -0.2) is 0 Å². The molecule has 15 heavy (non-hydrogen) atoms. The van der Waals surface area contributed by atoms with E-state index in [1.54, 1.807) is 0 Å². The molecule has 1 aromatic carbocycles. The molecular formula is C12H20N2O. The van der Waals surface area contributed by atoms with Crippen LogP contribution in [-0.4, -0.2) is 12.6 Å². The van der Waals surface area contributed by atoms with Crippen LogP contribution in [-0.2, 0) is 5.54 Å². The third-order valence-electron chi connectivity index (χ3n) is 2.31. The molecule has 3 heteroatoms. The molecule has 0 aliphatic carbocycles. The average Bonchev–Trinajstić information content (AvgIpc) is 2.18. The zero-order valence-corrected chi connectivity index (χ0v) is 9.66. The zero-order chi connectivity index (χ0) is 11.5. The first kappa shape index (κ1) is 12.0. The van der Waals surface area contributed by atoms with E-state index in [0.717, 1.165) is 11.3 Å². The summed E-state index contributed by atoms with van der Waals surface area (Å²) < 4.78 is 5.54. The Hall–Kier alpha value is -1.06. The lowest BCUT2D eigenvalue weighted by atomic mass is 9.93. The molecule has 3 nitrogen and oxygen atoms in total. The number of ether oxygens (including phenoxy) is 1. The van der Waals surface area contributed by atoms with Crippen molar-refractivity contribution in [3.8, 4) is 5.75 Å². The monoisotopic (exact) mass is 208 g/mol. The minimum absolute atomic E-state index is 0.189. The second-order valence-electron chi connectivity index (χ2n) is 4.31. The topological polar surface area (TPSA) is 61.3 Å². The van der Waals surface area contributed by atoms with Crippen LogP contribution in [0.15, 0.2) is 24.3 Å². The van der Waals surface area contributed by atoms with Gasteiger partial charge in [0.1, 0.15) is 5.75 Å². The Balaban J connectivity index is 2.81. The first-order valence-electron chi connectivity index (χ1n) is 5.22. The smallest absolute Gasteiger partial charge is 0.119 e. The minimum Gasteiger partial charge on any atom is -0.491 e. The Morgan fingerprint density at radius 3 is 2.20 bits per heavy atom. The van der Waals surface area contributed by atoms with E-state index in [1.807, 2.05) is 45.0 Å². The van der Waals surface area contributed by atoms with Crippen LogP contribution in [0, 0.1) is 0 Å². The molecule has 0 aliphatic heterocycles. The maximum Gasteiger partial charge on any atom is 0.119 e. The molecule has 0 fully saturated rings. The molecular weight excluding hydrogens is 188 g/mol. The zero-order valence-electron chi connectivity index (χ0n) is 9.66. The molecule has 84 valence electrons. The number of hydrogen-bond donors (Lipinski definition) is 2. The lowest BCUT2D eigenvalue weighted by molar-refractivity contribution is 0.242. The number of hydrogen-bond acceptors (Lipinski definition) is 3. The summed E-state index contributed by atoms with van der Waals surface area (Å²) in [5, 5.41) is 0. The van der Waals surface area contributed by atoms with Gasteiger partial charge in [0.2, 0.25) is 0 Å². The number of nitrogens with two attached hydrogens (primary N) is 2. The molecule has 1 atom stereocenters. The lowest BCUT2D eigenvalue weighted by Crippen LogP contribution is -2.40. The van der Waals surface area contributed by atoms with Gasteiger partial charge in [0.05, 0.1) is 11.6 Å². The van der Waals surface area contributed by atoms with Crippen molar-refractivity contribution < 1.29 is 4.74 Å². The van der Waals surface area contributed by atoms with Gasteiger partial charge in [0.25, 0.3) is 0 Å². The summed E-state index contributed by atoms with van der Waals surface area (Å²) in [4.78, 5) is 0. The fourth-order valence-electron chi connectivity index (χ4n) is 1.30. The molecule has 0 spiro atoms. The van der Waals surface area contributed by atoms with E-state index in [4.69, 9.17) is 16.2 Å². The van der Waals surface area contributed by atoms with Gasteiger partial charge in [-0.15, -0.1) is 0 Å². The molecule has 0 bridgehead atoms. The van der Waals surface area contributed by atoms with E-state index in [-0.39, 0.29) is 6.10 Å². The van der Waals surface area contributed by atoms with E-state index in [0.29, 0.717) is 6.54 Å². The van der Waals surface area contributed by atoms with Gasteiger partial charge in [-0.05, 0) is 38.5 Å². The van der Waals surface area contributed by atoms with Gasteiger partial charge in [-0.3, -0.25) is 0 Å². The molecule has 0 amide bonds. The molecule has 0 heterocycles. The Kier molecular flexibility index (Phi) is 3.72. The van der Waals surface area contributed by atoms with Gasteiger partial charge in [0.15, 0.2) is 0 Å². The van der Waals surface area contributed by atoms with Crippen molar-refractivity contribution in [2.24, 2.45) is 11.5 Å².